The number of benzene rings is 3. The summed E-state index contributed by atoms with van der Waals surface area (Å²) in [7, 11) is 3.26. The predicted octanol–water partition coefficient (Wildman–Crippen LogP) is 4.92. The van der Waals surface area contributed by atoms with E-state index in [4.69, 9.17) is 9.47 Å². The molecule has 0 spiro atoms. The van der Waals surface area contributed by atoms with Crippen LogP contribution in [-0.2, 0) is 30.7 Å². The van der Waals surface area contributed by atoms with Crippen molar-refractivity contribution >= 4 is 5.91 Å². The average molecular weight is 475 g/mol. The molecule has 0 radical (unpaired) electrons. The summed E-state index contributed by atoms with van der Waals surface area (Å²) in [6, 6.07) is 18.6. The number of rotatable bonds is 5. The molecule has 0 saturated heterocycles. The fourth-order valence-corrected chi connectivity index (χ4v) is 5.47. The molecule has 2 aliphatic heterocycles. The molecule has 5 rings (SSSR count). The van der Waals surface area contributed by atoms with Gasteiger partial charge in [-0.1, -0.05) is 42.5 Å². The Morgan fingerprint density at radius 2 is 1.66 bits per heavy atom. The molecule has 0 N–H and O–H groups in total. The third-order valence-corrected chi connectivity index (χ3v) is 7.43. The van der Waals surface area contributed by atoms with Crippen molar-refractivity contribution in [3.8, 4) is 11.5 Å². The van der Waals surface area contributed by atoms with Gasteiger partial charge in [0.25, 0.3) is 0 Å². The minimum absolute atomic E-state index is 0.0868. The smallest absolute Gasteiger partial charge is 0.240 e. The van der Waals surface area contributed by atoms with Gasteiger partial charge >= 0.3 is 0 Å². The summed E-state index contributed by atoms with van der Waals surface area (Å²) < 4.78 is 25.5. The van der Waals surface area contributed by atoms with Crippen LogP contribution >= 0.6 is 0 Å². The highest BCUT2D eigenvalue weighted by Crippen LogP contribution is 2.39. The van der Waals surface area contributed by atoms with Crippen molar-refractivity contribution in [2.24, 2.45) is 0 Å². The van der Waals surface area contributed by atoms with Crippen LogP contribution in [-0.4, -0.2) is 42.5 Å². The Morgan fingerprint density at radius 1 is 0.971 bits per heavy atom. The maximum absolute atomic E-state index is 14.5. The van der Waals surface area contributed by atoms with Crippen LogP contribution in [0.4, 0.5) is 4.39 Å². The molecule has 35 heavy (non-hydrogen) atoms. The van der Waals surface area contributed by atoms with E-state index in [9.17, 15) is 9.18 Å². The topological polar surface area (TPSA) is 42.0 Å². The second kappa shape index (κ2) is 9.70. The van der Waals surface area contributed by atoms with E-state index in [0.717, 1.165) is 12.0 Å². The van der Waals surface area contributed by atoms with Crippen LogP contribution in [0.25, 0.3) is 0 Å². The van der Waals surface area contributed by atoms with Crippen molar-refractivity contribution in [1.29, 1.82) is 0 Å². The highest BCUT2D eigenvalue weighted by atomic mass is 19.1. The van der Waals surface area contributed by atoms with Crippen LogP contribution in [0, 0.1) is 5.82 Å². The number of carbonyl (C=O) groups excluding carboxylic acids is 1. The van der Waals surface area contributed by atoms with Crippen molar-refractivity contribution in [2.75, 3.05) is 20.8 Å². The highest BCUT2D eigenvalue weighted by Gasteiger charge is 2.38. The SMILES string of the molecule is COc1cc2c(cc1OC)C(C)N(C(=O)C1Cc3ccccc3CN1Cc1ccccc1F)CC2. The van der Waals surface area contributed by atoms with Gasteiger partial charge in [-0.15, -0.1) is 0 Å². The molecule has 3 aromatic carbocycles. The number of ether oxygens (including phenoxy) is 2. The quantitative estimate of drug-likeness (QED) is 0.527. The lowest BCUT2D eigenvalue weighted by Gasteiger charge is -2.42. The number of methoxy groups -OCH3 is 2. The minimum Gasteiger partial charge on any atom is -0.493 e. The predicted molar refractivity (Wildman–Crippen MR) is 133 cm³/mol. The minimum atomic E-state index is -0.353. The van der Waals surface area contributed by atoms with E-state index in [1.54, 1.807) is 26.4 Å². The Labute approximate surface area is 206 Å². The van der Waals surface area contributed by atoms with E-state index in [2.05, 4.69) is 24.0 Å². The van der Waals surface area contributed by atoms with Crippen molar-refractivity contribution < 1.29 is 18.7 Å². The Hall–Kier alpha value is -3.38. The van der Waals surface area contributed by atoms with E-state index in [0.29, 0.717) is 43.1 Å². The first-order valence-electron chi connectivity index (χ1n) is 12.1. The second-order valence-electron chi connectivity index (χ2n) is 9.35. The number of nitrogens with zero attached hydrogens (tertiary/aromatic N) is 2. The fraction of sp³-hybridized carbons (Fsp3) is 0.345. The van der Waals surface area contributed by atoms with Gasteiger partial charge < -0.3 is 14.4 Å². The Kier molecular flexibility index (Phi) is 6.48. The van der Waals surface area contributed by atoms with Crippen molar-refractivity contribution in [2.45, 2.75) is 44.9 Å². The molecule has 0 aliphatic carbocycles. The van der Waals surface area contributed by atoms with Crippen molar-refractivity contribution in [1.82, 2.24) is 9.80 Å². The summed E-state index contributed by atoms with van der Waals surface area (Å²) in [5.41, 5.74) is 5.25. The lowest BCUT2D eigenvalue weighted by atomic mass is 9.89. The van der Waals surface area contributed by atoms with Crippen LogP contribution in [0.1, 0.15) is 40.8 Å². The van der Waals surface area contributed by atoms with Gasteiger partial charge in [0, 0.05) is 25.2 Å². The van der Waals surface area contributed by atoms with Gasteiger partial charge in [-0.2, -0.15) is 0 Å². The first kappa shape index (κ1) is 23.4. The van der Waals surface area contributed by atoms with Crippen LogP contribution < -0.4 is 9.47 Å². The number of fused-ring (bicyclic) bond motifs is 2. The van der Waals surface area contributed by atoms with E-state index in [1.165, 1.54) is 22.8 Å². The molecule has 2 heterocycles. The summed E-state index contributed by atoms with van der Waals surface area (Å²) in [4.78, 5) is 18.2. The number of hydrogen-bond acceptors (Lipinski definition) is 4. The van der Waals surface area contributed by atoms with Crippen LogP contribution in [0.5, 0.6) is 11.5 Å². The van der Waals surface area contributed by atoms with E-state index < -0.39 is 0 Å². The monoisotopic (exact) mass is 474 g/mol. The fourth-order valence-electron chi connectivity index (χ4n) is 5.47. The molecule has 182 valence electrons. The number of halogens is 1. The third kappa shape index (κ3) is 4.39. The molecule has 3 aromatic rings. The number of carbonyl (C=O) groups is 1. The summed E-state index contributed by atoms with van der Waals surface area (Å²) in [5, 5.41) is 0. The van der Waals surface area contributed by atoms with Crippen molar-refractivity contribution in [3.05, 3.63) is 94.3 Å². The standard InChI is InChI=1S/C29H31FN2O3/c1-19-24-16-28(35-3)27(34-2)15-21(24)12-13-32(19)29(33)26-14-20-8-4-5-9-22(20)17-31(26)18-23-10-6-7-11-25(23)30/h4-11,15-16,19,26H,12-14,17-18H2,1-3H3. The summed E-state index contributed by atoms with van der Waals surface area (Å²) in [5.74, 6) is 1.22. The molecule has 0 bridgehead atoms. The first-order valence-corrected chi connectivity index (χ1v) is 12.1. The van der Waals surface area contributed by atoms with Crippen LogP contribution in [0.3, 0.4) is 0 Å². The molecule has 0 aromatic heterocycles. The largest absolute Gasteiger partial charge is 0.493 e. The maximum Gasteiger partial charge on any atom is 0.240 e. The van der Waals surface area contributed by atoms with Crippen LogP contribution in [0.15, 0.2) is 60.7 Å². The summed E-state index contributed by atoms with van der Waals surface area (Å²) in [6.45, 7) is 3.71. The van der Waals surface area contributed by atoms with Gasteiger partial charge in [-0.25, -0.2) is 4.39 Å². The van der Waals surface area contributed by atoms with E-state index >= 15 is 0 Å². The molecular formula is C29H31FN2O3. The van der Waals surface area contributed by atoms with Gasteiger partial charge in [-0.05, 0) is 60.2 Å². The van der Waals surface area contributed by atoms with Crippen molar-refractivity contribution in [3.63, 3.8) is 0 Å². The Morgan fingerprint density at radius 3 is 2.40 bits per heavy atom. The lowest BCUT2D eigenvalue weighted by Crippen LogP contribution is -2.53. The molecule has 1 amide bonds. The molecule has 2 atom stereocenters. The average Bonchev–Trinajstić information content (AvgIpc) is 2.88. The molecule has 0 fully saturated rings. The van der Waals surface area contributed by atoms with Gasteiger partial charge in [0.05, 0.1) is 26.3 Å². The van der Waals surface area contributed by atoms with Gasteiger partial charge in [0.1, 0.15) is 5.82 Å². The second-order valence-corrected chi connectivity index (χ2v) is 9.35. The van der Waals surface area contributed by atoms with E-state index in [1.807, 2.05) is 35.2 Å². The zero-order valence-electron chi connectivity index (χ0n) is 20.5. The van der Waals surface area contributed by atoms with Gasteiger partial charge in [0.15, 0.2) is 11.5 Å². The molecule has 2 aliphatic rings. The lowest BCUT2D eigenvalue weighted by molar-refractivity contribution is -0.140. The normalized spacial score (nSPS) is 19.6. The van der Waals surface area contributed by atoms with E-state index in [-0.39, 0.29) is 23.8 Å². The molecule has 2 unspecified atom stereocenters. The molecule has 5 nitrogen and oxygen atoms in total. The molecule has 0 saturated carbocycles. The third-order valence-electron chi connectivity index (χ3n) is 7.43. The van der Waals surface area contributed by atoms with Gasteiger partial charge in [-0.3, -0.25) is 9.69 Å². The van der Waals surface area contributed by atoms with Gasteiger partial charge in [0.2, 0.25) is 5.91 Å². The Bertz CT molecular complexity index is 1240. The highest BCUT2D eigenvalue weighted by molar-refractivity contribution is 5.83. The zero-order chi connectivity index (χ0) is 24.5. The Balaban J connectivity index is 1.46. The summed E-state index contributed by atoms with van der Waals surface area (Å²) >= 11 is 0. The van der Waals surface area contributed by atoms with Crippen LogP contribution in [0.2, 0.25) is 0 Å². The first-order chi connectivity index (χ1) is 17.0. The number of hydrogen-bond donors (Lipinski definition) is 0. The number of amides is 1. The molecular weight excluding hydrogens is 443 g/mol. The maximum atomic E-state index is 14.5. The zero-order valence-corrected chi connectivity index (χ0v) is 20.5. The molecule has 6 heteroatoms. The summed E-state index contributed by atoms with van der Waals surface area (Å²) in [6.07, 6.45) is 1.37.